The van der Waals surface area contributed by atoms with Crippen molar-refractivity contribution in [2.24, 2.45) is 5.10 Å². The van der Waals surface area contributed by atoms with Gasteiger partial charge in [-0.3, -0.25) is 4.79 Å². The second-order valence-corrected chi connectivity index (χ2v) is 7.53. The lowest BCUT2D eigenvalue weighted by molar-refractivity contribution is 0.0958. The molecule has 0 aliphatic rings. The van der Waals surface area contributed by atoms with E-state index in [0.29, 0.717) is 22.9 Å². The second kappa shape index (κ2) is 8.92. The maximum atomic E-state index is 12.5. The number of aryl methyl sites for hydroxylation is 1. The van der Waals surface area contributed by atoms with E-state index >= 15 is 0 Å². The van der Waals surface area contributed by atoms with Gasteiger partial charge in [0.25, 0.3) is 5.91 Å². The summed E-state index contributed by atoms with van der Waals surface area (Å²) in [6, 6.07) is 15.4. The van der Waals surface area contributed by atoms with Crippen LogP contribution in [0.15, 0.2) is 58.1 Å². The second-order valence-electron chi connectivity index (χ2n) is 5.61. The normalized spacial score (nSPS) is 10.9. The molecule has 1 aromatic heterocycles. The molecule has 3 rings (SSSR count). The zero-order chi connectivity index (χ0) is 19.2. The maximum absolute atomic E-state index is 12.5. The number of nitrogens with zero attached hydrogens (tertiary/aromatic N) is 2. The zero-order valence-corrected chi connectivity index (χ0v) is 17.3. The minimum absolute atomic E-state index is 0.281. The number of rotatable bonds is 6. The Morgan fingerprint density at radius 2 is 2.07 bits per heavy atom. The quantitative estimate of drug-likeness (QED) is 0.428. The first-order chi connectivity index (χ1) is 13.1. The molecule has 138 valence electrons. The smallest absolute Gasteiger partial charge is 0.283 e. The molecular weight excluding hydrogens is 426 g/mol. The van der Waals surface area contributed by atoms with Crippen LogP contribution in [0.4, 0.5) is 0 Å². The molecule has 7 heteroatoms. The fraction of sp³-hybridized carbons (Fsp3) is 0.150. The molecule has 0 saturated carbocycles. The molecule has 2 aromatic carbocycles. The Morgan fingerprint density at radius 1 is 1.30 bits per heavy atom. The van der Waals surface area contributed by atoms with Gasteiger partial charge in [-0.25, -0.2) is 10.4 Å². The van der Waals surface area contributed by atoms with Crippen molar-refractivity contribution in [1.29, 1.82) is 0 Å². The number of benzene rings is 2. The number of hydrogen-bond acceptors (Lipinski definition) is 5. The van der Waals surface area contributed by atoms with Gasteiger partial charge >= 0.3 is 0 Å². The summed E-state index contributed by atoms with van der Waals surface area (Å²) in [6.07, 6.45) is 1.57. The number of hydrazone groups is 1. The standard InChI is InChI=1S/C20H18BrN3O2S/c1-3-26-17-10-9-16(21)11-15(17)12-22-24-19(25)18-13(2)23-20(27-18)14-7-5-4-6-8-14/h4-12H,3H2,1-2H3,(H,24,25)/b22-12+. The topological polar surface area (TPSA) is 63.6 Å². The highest BCUT2D eigenvalue weighted by Crippen LogP contribution is 2.27. The fourth-order valence-corrected chi connectivity index (χ4v) is 3.77. The lowest BCUT2D eigenvalue weighted by Crippen LogP contribution is -2.17. The Labute approximate surface area is 170 Å². The molecule has 0 atom stereocenters. The molecule has 3 aromatic rings. The summed E-state index contributed by atoms with van der Waals surface area (Å²) in [5.74, 6) is 0.426. The summed E-state index contributed by atoms with van der Waals surface area (Å²) in [6.45, 7) is 4.29. The van der Waals surface area contributed by atoms with E-state index in [0.717, 1.165) is 20.6 Å². The number of carbonyl (C=O) groups is 1. The zero-order valence-electron chi connectivity index (χ0n) is 14.9. The largest absolute Gasteiger partial charge is 0.493 e. The highest BCUT2D eigenvalue weighted by molar-refractivity contribution is 9.10. The van der Waals surface area contributed by atoms with Gasteiger partial charge in [0, 0.05) is 15.6 Å². The summed E-state index contributed by atoms with van der Waals surface area (Å²) in [5, 5.41) is 4.89. The van der Waals surface area contributed by atoms with Crippen molar-refractivity contribution in [3.8, 4) is 16.3 Å². The summed E-state index contributed by atoms with van der Waals surface area (Å²) in [4.78, 5) is 17.5. The highest BCUT2D eigenvalue weighted by Gasteiger charge is 2.15. The Morgan fingerprint density at radius 3 is 2.81 bits per heavy atom. The van der Waals surface area contributed by atoms with Crippen LogP contribution >= 0.6 is 27.3 Å². The number of carbonyl (C=O) groups excluding carboxylic acids is 1. The summed E-state index contributed by atoms with van der Waals surface area (Å²) in [7, 11) is 0. The molecule has 1 N–H and O–H groups in total. The molecule has 0 fully saturated rings. The van der Waals surface area contributed by atoms with Gasteiger partial charge in [-0.1, -0.05) is 46.3 Å². The third-order valence-corrected chi connectivity index (χ3v) is 5.36. The van der Waals surface area contributed by atoms with E-state index in [1.165, 1.54) is 11.3 Å². The number of halogens is 1. The van der Waals surface area contributed by atoms with E-state index < -0.39 is 0 Å². The van der Waals surface area contributed by atoms with E-state index in [4.69, 9.17) is 4.74 Å². The monoisotopic (exact) mass is 443 g/mol. The molecule has 5 nitrogen and oxygen atoms in total. The molecule has 0 bridgehead atoms. The fourth-order valence-electron chi connectivity index (χ4n) is 2.43. The van der Waals surface area contributed by atoms with Crippen molar-refractivity contribution < 1.29 is 9.53 Å². The Hall–Kier alpha value is -2.51. The predicted molar refractivity (Wildman–Crippen MR) is 113 cm³/mol. The first-order valence-electron chi connectivity index (χ1n) is 8.37. The minimum atomic E-state index is -0.281. The van der Waals surface area contributed by atoms with Crippen molar-refractivity contribution >= 4 is 39.4 Å². The third-order valence-electron chi connectivity index (χ3n) is 3.66. The molecule has 1 amide bonds. The number of nitrogens with one attached hydrogen (secondary N) is 1. The average molecular weight is 444 g/mol. The number of ether oxygens (including phenoxy) is 1. The van der Waals surface area contributed by atoms with E-state index in [9.17, 15) is 4.79 Å². The van der Waals surface area contributed by atoms with Crippen LogP contribution in [0.5, 0.6) is 5.75 Å². The molecule has 0 aliphatic heterocycles. The van der Waals surface area contributed by atoms with Gasteiger partial charge in [-0.05, 0) is 32.0 Å². The molecule has 1 heterocycles. The van der Waals surface area contributed by atoms with Crippen LogP contribution in [0.25, 0.3) is 10.6 Å². The van der Waals surface area contributed by atoms with E-state index in [2.05, 4.69) is 31.4 Å². The molecule has 0 unspecified atom stereocenters. The maximum Gasteiger partial charge on any atom is 0.283 e. The van der Waals surface area contributed by atoms with E-state index in [1.54, 1.807) is 6.21 Å². The lowest BCUT2D eigenvalue weighted by atomic mass is 10.2. The van der Waals surface area contributed by atoms with Gasteiger partial charge < -0.3 is 4.74 Å². The van der Waals surface area contributed by atoms with Crippen molar-refractivity contribution in [1.82, 2.24) is 10.4 Å². The highest BCUT2D eigenvalue weighted by atomic mass is 79.9. The Bertz CT molecular complexity index is 971. The van der Waals surface area contributed by atoms with Crippen molar-refractivity contribution in [2.45, 2.75) is 13.8 Å². The minimum Gasteiger partial charge on any atom is -0.493 e. The van der Waals surface area contributed by atoms with Gasteiger partial charge in [-0.15, -0.1) is 11.3 Å². The molecule has 0 spiro atoms. The van der Waals surface area contributed by atoms with E-state index in [1.807, 2.05) is 62.4 Å². The summed E-state index contributed by atoms with van der Waals surface area (Å²) < 4.78 is 6.48. The van der Waals surface area contributed by atoms with Gasteiger partial charge in [0.2, 0.25) is 0 Å². The lowest BCUT2D eigenvalue weighted by Gasteiger charge is -2.07. The third kappa shape index (κ3) is 4.81. The van der Waals surface area contributed by atoms with Crippen LogP contribution < -0.4 is 10.2 Å². The van der Waals surface area contributed by atoms with Crippen LogP contribution in [0.3, 0.4) is 0 Å². The predicted octanol–water partition coefficient (Wildman–Crippen LogP) is 5.04. The molecule has 0 radical (unpaired) electrons. The Balaban J connectivity index is 1.74. The first-order valence-corrected chi connectivity index (χ1v) is 9.98. The molecule has 0 saturated heterocycles. The van der Waals surface area contributed by atoms with Gasteiger partial charge in [0.05, 0.1) is 18.5 Å². The van der Waals surface area contributed by atoms with Gasteiger partial charge in [0.15, 0.2) is 0 Å². The number of amides is 1. The summed E-state index contributed by atoms with van der Waals surface area (Å²) in [5.41, 5.74) is 5.02. The van der Waals surface area contributed by atoms with Crippen LogP contribution in [0.1, 0.15) is 27.9 Å². The Kier molecular flexibility index (Phi) is 6.36. The first kappa shape index (κ1) is 19.3. The number of thiazole rings is 1. The molecule has 27 heavy (non-hydrogen) atoms. The van der Waals surface area contributed by atoms with Crippen LogP contribution in [-0.4, -0.2) is 23.7 Å². The van der Waals surface area contributed by atoms with Gasteiger partial charge in [-0.2, -0.15) is 5.10 Å². The van der Waals surface area contributed by atoms with Gasteiger partial charge in [0.1, 0.15) is 15.6 Å². The van der Waals surface area contributed by atoms with E-state index in [-0.39, 0.29) is 5.91 Å². The van der Waals surface area contributed by atoms with Crippen LogP contribution in [0.2, 0.25) is 0 Å². The number of aromatic nitrogens is 1. The average Bonchev–Trinajstić information content (AvgIpc) is 3.06. The van der Waals surface area contributed by atoms with Crippen molar-refractivity contribution in [2.75, 3.05) is 6.61 Å². The van der Waals surface area contributed by atoms with Crippen LogP contribution in [-0.2, 0) is 0 Å². The van der Waals surface area contributed by atoms with Crippen molar-refractivity contribution in [3.63, 3.8) is 0 Å². The summed E-state index contributed by atoms with van der Waals surface area (Å²) >= 11 is 4.78. The SMILES string of the molecule is CCOc1ccc(Br)cc1/C=N/NC(=O)c1sc(-c2ccccc2)nc1C. The molecular formula is C20H18BrN3O2S. The van der Waals surface area contributed by atoms with Crippen molar-refractivity contribution in [3.05, 3.63) is 69.1 Å². The molecule has 0 aliphatic carbocycles. The number of hydrogen-bond donors (Lipinski definition) is 1. The van der Waals surface area contributed by atoms with Crippen LogP contribution in [0, 0.1) is 6.92 Å².